The van der Waals surface area contributed by atoms with Gasteiger partial charge in [-0.2, -0.15) is 0 Å². The zero-order valence-electron chi connectivity index (χ0n) is 10.3. The number of pyridine rings is 1. The Kier molecular flexibility index (Phi) is 4.15. The minimum atomic E-state index is 0.224. The molecule has 1 aromatic heterocycles. The van der Waals surface area contributed by atoms with Crippen LogP contribution in [0, 0.1) is 0 Å². The molecular weight excluding hydrogens is 228 g/mol. The average molecular weight is 245 g/mol. The molecule has 0 saturated heterocycles. The Morgan fingerprint density at radius 2 is 2.11 bits per heavy atom. The molecule has 0 aliphatic rings. The van der Waals surface area contributed by atoms with Gasteiger partial charge in [0, 0.05) is 18.0 Å². The van der Waals surface area contributed by atoms with Crippen molar-refractivity contribution in [1.29, 1.82) is 0 Å². The lowest BCUT2D eigenvalue weighted by Crippen LogP contribution is -2.80. The van der Waals surface area contributed by atoms with Gasteiger partial charge in [-0.1, -0.05) is 12.1 Å². The van der Waals surface area contributed by atoms with Crippen molar-refractivity contribution < 1.29 is 15.2 Å². The van der Waals surface area contributed by atoms with Gasteiger partial charge in [0.05, 0.1) is 12.7 Å². The maximum atomic E-state index is 9.93. The van der Waals surface area contributed by atoms with Gasteiger partial charge in [0.25, 0.3) is 0 Å². The van der Waals surface area contributed by atoms with Gasteiger partial charge in [0.15, 0.2) is 11.5 Å². The number of ether oxygens (including phenoxy) is 1. The Morgan fingerprint density at radius 1 is 1.22 bits per heavy atom. The summed E-state index contributed by atoms with van der Waals surface area (Å²) in [6.45, 7) is 1.54. The maximum absolute atomic E-state index is 9.93. The molecule has 18 heavy (non-hydrogen) atoms. The molecule has 0 spiro atoms. The largest absolute Gasteiger partial charge is 0.504 e. The van der Waals surface area contributed by atoms with Crippen LogP contribution in [0.15, 0.2) is 42.7 Å². The van der Waals surface area contributed by atoms with Crippen LogP contribution in [0.4, 0.5) is 0 Å². The molecule has 0 radical (unpaired) electrons. The molecule has 0 aliphatic heterocycles. The summed E-state index contributed by atoms with van der Waals surface area (Å²) >= 11 is 0. The number of nitrogens with zero attached hydrogens (tertiary/aromatic N) is 1. The summed E-state index contributed by atoms with van der Waals surface area (Å²) in [6.07, 6.45) is 3.61. The first-order valence-electron chi connectivity index (χ1n) is 5.86. The van der Waals surface area contributed by atoms with Gasteiger partial charge >= 0.3 is 0 Å². The number of phenols is 1. The number of nitrogens with two attached hydrogens (primary N) is 1. The Bertz CT molecular complexity index is 500. The van der Waals surface area contributed by atoms with E-state index in [2.05, 4.69) is 10.3 Å². The highest BCUT2D eigenvalue weighted by Gasteiger charge is 2.08. The zero-order chi connectivity index (χ0) is 12.8. The Labute approximate surface area is 106 Å². The van der Waals surface area contributed by atoms with E-state index in [4.69, 9.17) is 4.74 Å². The number of aromatic nitrogens is 1. The van der Waals surface area contributed by atoms with Crippen LogP contribution in [0.2, 0.25) is 0 Å². The second-order valence-corrected chi connectivity index (χ2v) is 4.03. The molecule has 0 saturated carbocycles. The zero-order valence-corrected chi connectivity index (χ0v) is 10.3. The molecule has 1 heterocycles. The number of hydrogen-bond acceptors (Lipinski definition) is 3. The molecule has 0 aliphatic carbocycles. The monoisotopic (exact) mass is 245 g/mol. The summed E-state index contributed by atoms with van der Waals surface area (Å²) < 4.78 is 5.08. The number of quaternary nitrogens is 1. The number of para-hydroxylation sites is 1. The van der Waals surface area contributed by atoms with E-state index in [0.717, 1.165) is 12.1 Å². The Morgan fingerprint density at radius 3 is 2.83 bits per heavy atom. The van der Waals surface area contributed by atoms with Crippen molar-refractivity contribution in [2.75, 3.05) is 7.11 Å². The normalized spacial score (nSPS) is 10.3. The lowest BCUT2D eigenvalue weighted by Gasteiger charge is -2.07. The van der Waals surface area contributed by atoms with Crippen LogP contribution in [0.5, 0.6) is 11.5 Å². The summed E-state index contributed by atoms with van der Waals surface area (Å²) in [7, 11) is 1.55. The average Bonchev–Trinajstić information content (AvgIpc) is 2.42. The molecule has 2 rings (SSSR count). The Hall–Kier alpha value is -2.07. The van der Waals surface area contributed by atoms with Crippen molar-refractivity contribution >= 4 is 0 Å². The second kappa shape index (κ2) is 6.02. The SMILES string of the molecule is COc1cccc(C[NH2+]Cc2cccnc2)c1O. The number of aromatic hydroxyl groups is 1. The third-order valence-corrected chi connectivity index (χ3v) is 2.77. The standard InChI is InChI=1S/C14H16N2O2/c1-18-13-6-2-5-12(14(13)17)10-16-9-11-4-3-7-15-8-11/h2-8,16-17H,9-10H2,1H3/p+1. The van der Waals surface area contributed by atoms with Crippen LogP contribution in [-0.4, -0.2) is 17.2 Å². The highest BCUT2D eigenvalue weighted by atomic mass is 16.5. The maximum Gasteiger partial charge on any atom is 0.166 e. The number of phenolic OH excluding ortho intramolecular Hbond substituents is 1. The van der Waals surface area contributed by atoms with Gasteiger partial charge in [-0.3, -0.25) is 4.98 Å². The molecule has 3 N–H and O–H groups in total. The molecule has 0 fully saturated rings. The van der Waals surface area contributed by atoms with Crippen molar-refractivity contribution in [3.8, 4) is 11.5 Å². The summed E-state index contributed by atoms with van der Waals surface area (Å²) in [4.78, 5) is 4.07. The van der Waals surface area contributed by atoms with E-state index in [9.17, 15) is 5.11 Å². The number of hydrogen-bond donors (Lipinski definition) is 2. The third kappa shape index (κ3) is 2.99. The van der Waals surface area contributed by atoms with Gasteiger partial charge in [0.1, 0.15) is 13.1 Å². The molecule has 94 valence electrons. The minimum absolute atomic E-state index is 0.224. The van der Waals surface area contributed by atoms with E-state index in [1.54, 1.807) is 19.4 Å². The van der Waals surface area contributed by atoms with E-state index >= 15 is 0 Å². The van der Waals surface area contributed by atoms with Gasteiger partial charge < -0.3 is 15.2 Å². The van der Waals surface area contributed by atoms with Crippen molar-refractivity contribution in [2.45, 2.75) is 13.1 Å². The van der Waals surface area contributed by atoms with Crippen molar-refractivity contribution in [3.63, 3.8) is 0 Å². The van der Waals surface area contributed by atoms with Gasteiger partial charge in [-0.05, 0) is 18.2 Å². The van der Waals surface area contributed by atoms with Crippen LogP contribution in [0.3, 0.4) is 0 Å². The first-order valence-corrected chi connectivity index (χ1v) is 5.86. The molecule has 0 amide bonds. The van der Waals surface area contributed by atoms with Crippen LogP contribution in [-0.2, 0) is 13.1 Å². The number of methoxy groups -OCH3 is 1. The lowest BCUT2D eigenvalue weighted by atomic mass is 10.2. The van der Waals surface area contributed by atoms with E-state index in [-0.39, 0.29) is 5.75 Å². The molecule has 1 aromatic carbocycles. The van der Waals surface area contributed by atoms with Crippen LogP contribution in [0.25, 0.3) is 0 Å². The molecule has 0 atom stereocenters. The fraction of sp³-hybridized carbons (Fsp3) is 0.214. The van der Waals surface area contributed by atoms with E-state index < -0.39 is 0 Å². The highest BCUT2D eigenvalue weighted by Crippen LogP contribution is 2.28. The van der Waals surface area contributed by atoms with Gasteiger partial charge in [-0.25, -0.2) is 0 Å². The predicted molar refractivity (Wildman–Crippen MR) is 68.2 cm³/mol. The Balaban J connectivity index is 1.95. The van der Waals surface area contributed by atoms with Crippen molar-refractivity contribution in [1.82, 2.24) is 4.98 Å². The summed E-state index contributed by atoms with van der Waals surface area (Å²) in [5.41, 5.74) is 2.04. The molecule has 4 heteroatoms. The highest BCUT2D eigenvalue weighted by molar-refractivity contribution is 5.44. The topological polar surface area (TPSA) is 59.0 Å². The molecule has 0 unspecified atom stereocenters. The number of rotatable bonds is 5. The van der Waals surface area contributed by atoms with Crippen LogP contribution >= 0.6 is 0 Å². The quantitative estimate of drug-likeness (QED) is 0.828. The minimum Gasteiger partial charge on any atom is -0.504 e. The van der Waals surface area contributed by atoms with Gasteiger partial charge in [-0.15, -0.1) is 0 Å². The fourth-order valence-electron chi connectivity index (χ4n) is 1.81. The smallest absolute Gasteiger partial charge is 0.166 e. The third-order valence-electron chi connectivity index (χ3n) is 2.77. The predicted octanol–water partition coefficient (Wildman–Crippen LogP) is 1.06. The molecule has 0 bridgehead atoms. The molecular formula is C14H17N2O2+. The number of benzene rings is 1. The lowest BCUT2D eigenvalue weighted by molar-refractivity contribution is -0.686. The summed E-state index contributed by atoms with van der Waals surface area (Å²) in [5, 5.41) is 12.0. The van der Waals surface area contributed by atoms with Crippen molar-refractivity contribution in [3.05, 3.63) is 53.9 Å². The van der Waals surface area contributed by atoms with Crippen molar-refractivity contribution in [2.24, 2.45) is 0 Å². The molecule has 4 nitrogen and oxygen atoms in total. The summed E-state index contributed by atoms with van der Waals surface area (Å²) in [5.74, 6) is 0.740. The van der Waals surface area contributed by atoms with E-state index in [1.807, 2.05) is 30.5 Å². The van der Waals surface area contributed by atoms with Gasteiger partial charge in [0.2, 0.25) is 0 Å². The van der Waals surface area contributed by atoms with Crippen LogP contribution < -0.4 is 10.1 Å². The van der Waals surface area contributed by atoms with E-state index in [0.29, 0.717) is 12.3 Å². The summed E-state index contributed by atoms with van der Waals surface area (Å²) in [6, 6.07) is 9.49. The first-order chi connectivity index (χ1) is 8.81. The van der Waals surface area contributed by atoms with Crippen LogP contribution in [0.1, 0.15) is 11.1 Å². The van der Waals surface area contributed by atoms with E-state index in [1.165, 1.54) is 5.56 Å². The first kappa shape index (κ1) is 12.4. The second-order valence-electron chi connectivity index (χ2n) is 4.03. The molecule has 2 aromatic rings. The fourth-order valence-corrected chi connectivity index (χ4v) is 1.81.